The molecule has 7 heteroatoms. The van der Waals surface area contributed by atoms with Crippen LogP contribution in [0.25, 0.3) is 0 Å². The first kappa shape index (κ1) is 12.6. The highest BCUT2D eigenvalue weighted by atomic mass is 19.4. The lowest BCUT2D eigenvalue weighted by atomic mass is 10.0. The first-order valence-electron chi connectivity index (χ1n) is 4.19. The molecule has 0 bridgehead atoms. The monoisotopic (exact) mass is 235 g/mol. The molecule has 0 spiro atoms. The molecule has 4 nitrogen and oxygen atoms in total. The van der Waals surface area contributed by atoms with Crippen LogP contribution in [-0.4, -0.2) is 32.9 Å². The SMILES string of the molecule is O=C(CC(O)(O)C(F)(F)F)c1cccnc1. The van der Waals surface area contributed by atoms with Crippen molar-refractivity contribution in [1.29, 1.82) is 0 Å². The van der Waals surface area contributed by atoms with Crippen molar-refractivity contribution in [2.45, 2.75) is 18.4 Å². The fraction of sp³-hybridized carbons (Fsp3) is 0.333. The van der Waals surface area contributed by atoms with Crippen LogP contribution in [0, 0.1) is 0 Å². The maximum absolute atomic E-state index is 12.0. The Labute approximate surface area is 88.4 Å². The van der Waals surface area contributed by atoms with Crippen LogP contribution in [0.15, 0.2) is 24.5 Å². The summed E-state index contributed by atoms with van der Waals surface area (Å²) in [6.07, 6.45) is -4.34. The summed E-state index contributed by atoms with van der Waals surface area (Å²) in [4.78, 5) is 14.8. The number of aliphatic hydroxyl groups is 2. The fourth-order valence-electron chi connectivity index (χ4n) is 0.954. The third kappa shape index (κ3) is 2.77. The molecule has 0 saturated carbocycles. The van der Waals surface area contributed by atoms with Gasteiger partial charge in [0.25, 0.3) is 5.79 Å². The minimum Gasteiger partial charge on any atom is -0.358 e. The van der Waals surface area contributed by atoms with E-state index < -0.39 is 24.2 Å². The van der Waals surface area contributed by atoms with E-state index in [1.165, 1.54) is 18.3 Å². The molecular weight excluding hydrogens is 227 g/mol. The van der Waals surface area contributed by atoms with E-state index in [-0.39, 0.29) is 5.56 Å². The maximum Gasteiger partial charge on any atom is 0.443 e. The van der Waals surface area contributed by atoms with Crippen molar-refractivity contribution in [3.8, 4) is 0 Å². The minimum atomic E-state index is -5.27. The molecule has 1 heterocycles. The van der Waals surface area contributed by atoms with Gasteiger partial charge in [-0.3, -0.25) is 9.78 Å². The van der Waals surface area contributed by atoms with Crippen LogP contribution in [0.3, 0.4) is 0 Å². The second-order valence-corrected chi connectivity index (χ2v) is 3.16. The first-order valence-corrected chi connectivity index (χ1v) is 4.19. The van der Waals surface area contributed by atoms with Gasteiger partial charge >= 0.3 is 6.18 Å². The molecule has 0 aliphatic heterocycles. The highest BCUT2D eigenvalue weighted by molar-refractivity contribution is 5.96. The van der Waals surface area contributed by atoms with Gasteiger partial charge in [-0.05, 0) is 12.1 Å². The molecule has 0 aliphatic carbocycles. The number of carbonyl (C=O) groups excluding carboxylic acids is 1. The van der Waals surface area contributed by atoms with Crippen molar-refractivity contribution in [3.63, 3.8) is 0 Å². The van der Waals surface area contributed by atoms with Gasteiger partial charge in [-0.15, -0.1) is 0 Å². The van der Waals surface area contributed by atoms with Crippen molar-refractivity contribution in [2.24, 2.45) is 0 Å². The number of nitrogens with zero attached hydrogens (tertiary/aromatic N) is 1. The van der Waals surface area contributed by atoms with Crippen LogP contribution in [0.4, 0.5) is 13.2 Å². The average molecular weight is 235 g/mol. The highest BCUT2D eigenvalue weighted by Gasteiger charge is 2.53. The van der Waals surface area contributed by atoms with Crippen molar-refractivity contribution in [1.82, 2.24) is 4.98 Å². The van der Waals surface area contributed by atoms with Gasteiger partial charge in [-0.25, -0.2) is 0 Å². The molecule has 1 aromatic heterocycles. The van der Waals surface area contributed by atoms with Crippen LogP contribution < -0.4 is 0 Å². The first-order chi connectivity index (χ1) is 7.24. The van der Waals surface area contributed by atoms with E-state index in [1.54, 1.807) is 0 Å². The van der Waals surface area contributed by atoms with Gasteiger partial charge in [0.1, 0.15) is 0 Å². The Bertz CT molecular complexity index is 375. The number of Topliss-reactive ketones (excluding diaryl/α,β-unsaturated/α-hetero) is 1. The molecule has 1 aromatic rings. The summed E-state index contributed by atoms with van der Waals surface area (Å²) in [6.45, 7) is 0. The van der Waals surface area contributed by atoms with E-state index >= 15 is 0 Å². The number of pyridine rings is 1. The predicted molar refractivity (Wildman–Crippen MR) is 46.4 cm³/mol. The summed E-state index contributed by atoms with van der Waals surface area (Å²) in [7, 11) is 0. The summed E-state index contributed by atoms with van der Waals surface area (Å²) < 4.78 is 36.1. The van der Waals surface area contributed by atoms with Gasteiger partial charge in [0.2, 0.25) is 0 Å². The average Bonchev–Trinajstić information content (AvgIpc) is 2.16. The van der Waals surface area contributed by atoms with Crippen LogP contribution in [0.5, 0.6) is 0 Å². The van der Waals surface area contributed by atoms with E-state index in [9.17, 15) is 18.0 Å². The van der Waals surface area contributed by atoms with Gasteiger partial charge in [-0.2, -0.15) is 13.2 Å². The zero-order valence-electron chi connectivity index (χ0n) is 7.90. The summed E-state index contributed by atoms with van der Waals surface area (Å²) in [5.74, 6) is -5.06. The molecule has 0 atom stereocenters. The highest BCUT2D eigenvalue weighted by Crippen LogP contribution is 2.31. The van der Waals surface area contributed by atoms with E-state index in [0.717, 1.165) is 6.20 Å². The van der Waals surface area contributed by atoms with Crippen LogP contribution >= 0.6 is 0 Å². The number of rotatable bonds is 3. The Balaban J connectivity index is 2.80. The third-order valence-electron chi connectivity index (χ3n) is 1.84. The molecule has 0 amide bonds. The largest absolute Gasteiger partial charge is 0.443 e. The number of aromatic nitrogens is 1. The zero-order valence-corrected chi connectivity index (χ0v) is 7.90. The van der Waals surface area contributed by atoms with E-state index in [2.05, 4.69) is 4.98 Å². The van der Waals surface area contributed by atoms with Crippen molar-refractivity contribution < 1.29 is 28.2 Å². The van der Waals surface area contributed by atoms with Gasteiger partial charge in [-0.1, -0.05) is 0 Å². The normalized spacial score (nSPS) is 12.6. The molecule has 88 valence electrons. The van der Waals surface area contributed by atoms with Crippen LogP contribution in [0.1, 0.15) is 16.8 Å². The Kier molecular flexibility index (Phi) is 3.30. The summed E-state index contributed by atoms with van der Waals surface area (Å²) >= 11 is 0. The molecule has 1 rings (SSSR count). The van der Waals surface area contributed by atoms with Crippen LogP contribution in [0.2, 0.25) is 0 Å². The zero-order chi connectivity index (χ0) is 12.4. The van der Waals surface area contributed by atoms with Crippen LogP contribution in [-0.2, 0) is 0 Å². The Hall–Kier alpha value is -1.47. The molecule has 2 N–H and O–H groups in total. The minimum absolute atomic E-state index is 0.112. The Morgan fingerprint density at radius 3 is 2.44 bits per heavy atom. The molecule has 0 fully saturated rings. The maximum atomic E-state index is 12.0. The Morgan fingerprint density at radius 1 is 1.38 bits per heavy atom. The van der Waals surface area contributed by atoms with Gasteiger partial charge < -0.3 is 10.2 Å². The molecule has 0 unspecified atom stereocenters. The number of hydrogen-bond donors (Lipinski definition) is 2. The lowest BCUT2D eigenvalue weighted by Crippen LogP contribution is -2.46. The summed E-state index contributed by atoms with van der Waals surface area (Å²) in [5, 5.41) is 17.3. The quantitative estimate of drug-likeness (QED) is 0.603. The third-order valence-corrected chi connectivity index (χ3v) is 1.84. The number of halogens is 3. The predicted octanol–water partition coefficient (Wildman–Crippen LogP) is 0.898. The summed E-state index contributed by atoms with van der Waals surface area (Å²) in [6, 6.07) is 2.60. The molecule has 0 saturated heterocycles. The van der Waals surface area contributed by atoms with Gasteiger partial charge in [0.05, 0.1) is 6.42 Å². The molecule has 0 radical (unpaired) electrons. The number of hydrogen-bond acceptors (Lipinski definition) is 4. The molecular formula is C9H8F3NO3. The van der Waals surface area contributed by atoms with E-state index in [0.29, 0.717) is 0 Å². The van der Waals surface area contributed by atoms with Gasteiger partial charge in [0.15, 0.2) is 5.78 Å². The number of ketones is 1. The van der Waals surface area contributed by atoms with E-state index in [1.807, 2.05) is 0 Å². The Morgan fingerprint density at radius 2 is 2.00 bits per heavy atom. The number of carbonyl (C=O) groups is 1. The second kappa shape index (κ2) is 4.18. The van der Waals surface area contributed by atoms with Crippen molar-refractivity contribution in [3.05, 3.63) is 30.1 Å². The smallest absolute Gasteiger partial charge is 0.358 e. The molecule has 0 aliphatic rings. The molecule has 0 aromatic carbocycles. The summed E-state index contributed by atoms with van der Waals surface area (Å²) in [5.41, 5.74) is -0.112. The fourth-order valence-corrected chi connectivity index (χ4v) is 0.954. The lowest BCUT2D eigenvalue weighted by Gasteiger charge is -2.23. The van der Waals surface area contributed by atoms with Gasteiger partial charge in [0, 0.05) is 18.0 Å². The number of alkyl halides is 3. The van der Waals surface area contributed by atoms with Crippen molar-refractivity contribution in [2.75, 3.05) is 0 Å². The van der Waals surface area contributed by atoms with Crippen molar-refractivity contribution >= 4 is 5.78 Å². The topological polar surface area (TPSA) is 70.4 Å². The van der Waals surface area contributed by atoms with E-state index in [4.69, 9.17) is 10.2 Å². The lowest BCUT2D eigenvalue weighted by molar-refractivity contribution is -0.345. The second-order valence-electron chi connectivity index (χ2n) is 3.16. The molecule has 16 heavy (non-hydrogen) atoms. The standard InChI is InChI=1S/C9H8F3NO3/c10-9(11,12)8(15,16)4-7(14)6-2-1-3-13-5-6/h1-3,5,15-16H,4H2.